The second-order valence-electron chi connectivity index (χ2n) is 2.73. The largest absolute Gasteiger partial charge is 0.508 e. The highest BCUT2D eigenvalue weighted by Crippen LogP contribution is 2.23. The molecule has 0 spiro atoms. The van der Waals surface area contributed by atoms with Gasteiger partial charge in [0, 0.05) is 11.8 Å². The topological polar surface area (TPSA) is 49.5 Å². The van der Waals surface area contributed by atoms with Gasteiger partial charge in [-0.3, -0.25) is 0 Å². The van der Waals surface area contributed by atoms with Crippen molar-refractivity contribution in [3.63, 3.8) is 0 Å². The second kappa shape index (κ2) is 4.85. The van der Waals surface area contributed by atoms with E-state index < -0.39 is 0 Å². The number of phenols is 1. The summed E-state index contributed by atoms with van der Waals surface area (Å²) in [6.07, 6.45) is 1.95. The molecule has 0 aliphatic rings. The molecule has 1 aromatic carbocycles. The molecule has 0 fully saturated rings. The fourth-order valence-electron chi connectivity index (χ4n) is 1.12. The number of benzene rings is 1. The molecular formula is C9H12NO3S+. The van der Waals surface area contributed by atoms with Gasteiger partial charge in [-0.25, -0.2) is 4.84 Å². The third-order valence-corrected chi connectivity index (χ3v) is 2.27. The minimum atomic E-state index is 0.0736. The number of rotatable bonds is 4. The van der Waals surface area contributed by atoms with Crippen molar-refractivity contribution >= 4 is 17.4 Å². The van der Waals surface area contributed by atoms with Crippen molar-refractivity contribution in [1.29, 1.82) is 0 Å². The molecule has 0 aliphatic heterocycles. The summed E-state index contributed by atoms with van der Waals surface area (Å²) in [5.74, 6) is 0.823. The zero-order valence-corrected chi connectivity index (χ0v) is 8.87. The van der Waals surface area contributed by atoms with Crippen LogP contribution in [0.1, 0.15) is 5.56 Å². The smallest absolute Gasteiger partial charge is 0.320 e. The molecule has 0 saturated heterocycles. The lowest BCUT2D eigenvalue weighted by atomic mass is 10.2. The molecule has 4 nitrogen and oxygen atoms in total. The standard InChI is InChI=1S/C9H11NO3S/c1-13-10(12)8-3-7(6-14-2)4-9(11)5-8/h3-5H,6H2,1-2H3/p+1. The molecule has 0 unspecified atom stereocenters. The molecule has 0 bridgehead atoms. The predicted molar refractivity (Wildman–Crippen MR) is 55.6 cm³/mol. The van der Waals surface area contributed by atoms with Gasteiger partial charge in [0.15, 0.2) is 7.11 Å². The summed E-state index contributed by atoms with van der Waals surface area (Å²) in [6.45, 7) is 0. The van der Waals surface area contributed by atoms with E-state index in [4.69, 9.17) is 0 Å². The van der Waals surface area contributed by atoms with Crippen molar-refractivity contribution in [1.82, 2.24) is 0 Å². The van der Waals surface area contributed by atoms with Crippen LogP contribution in [-0.2, 0) is 10.6 Å². The first-order chi connectivity index (χ1) is 6.67. The molecule has 0 amide bonds. The maximum absolute atomic E-state index is 11.1. The highest BCUT2D eigenvalue weighted by molar-refractivity contribution is 7.97. The molecule has 0 aromatic heterocycles. The maximum Gasteiger partial charge on any atom is 0.320 e. The van der Waals surface area contributed by atoms with E-state index in [1.807, 2.05) is 6.26 Å². The number of aromatic hydroxyl groups is 1. The Morgan fingerprint density at radius 3 is 2.79 bits per heavy atom. The average Bonchev–Trinajstić information content (AvgIpc) is 2.16. The van der Waals surface area contributed by atoms with Crippen LogP contribution >= 0.6 is 11.8 Å². The molecule has 1 N–H and O–H groups in total. The first-order valence-corrected chi connectivity index (χ1v) is 5.40. The quantitative estimate of drug-likeness (QED) is 0.781. The van der Waals surface area contributed by atoms with Crippen LogP contribution in [0.5, 0.6) is 5.75 Å². The maximum atomic E-state index is 11.1. The molecule has 76 valence electrons. The van der Waals surface area contributed by atoms with Gasteiger partial charge < -0.3 is 5.11 Å². The van der Waals surface area contributed by atoms with Crippen molar-refractivity contribution in [3.05, 3.63) is 28.7 Å². The minimum absolute atomic E-state index is 0.0736. The average molecular weight is 214 g/mol. The predicted octanol–water partition coefficient (Wildman–Crippen LogP) is 2.23. The van der Waals surface area contributed by atoms with Gasteiger partial charge in [-0.15, -0.1) is 0 Å². The van der Waals surface area contributed by atoms with Gasteiger partial charge in [0.05, 0.1) is 11.0 Å². The third kappa shape index (κ3) is 2.63. The summed E-state index contributed by atoms with van der Waals surface area (Å²) < 4.78 is 0. The summed E-state index contributed by atoms with van der Waals surface area (Å²) in [7, 11) is 1.28. The van der Waals surface area contributed by atoms with Gasteiger partial charge >= 0.3 is 5.69 Å². The van der Waals surface area contributed by atoms with Crippen molar-refractivity contribution < 1.29 is 14.9 Å². The fraction of sp³-hybridized carbons (Fsp3) is 0.333. The van der Waals surface area contributed by atoms with Crippen LogP contribution in [0.4, 0.5) is 5.69 Å². The molecule has 5 heteroatoms. The number of hydrogen-bond acceptors (Lipinski definition) is 4. The second-order valence-corrected chi connectivity index (χ2v) is 3.60. The van der Waals surface area contributed by atoms with E-state index in [0.29, 0.717) is 10.6 Å². The van der Waals surface area contributed by atoms with Crippen LogP contribution in [0.3, 0.4) is 0 Å². The molecule has 1 rings (SSSR count). The number of thioether (sulfide) groups is 1. The first-order valence-electron chi connectivity index (χ1n) is 4.00. The lowest BCUT2D eigenvalue weighted by Crippen LogP contribution is -1.98. The Bertz CT molecular complexity index is 341. The molecule has 0 radical (unpaired) electrons. The normalized spacial score (nSPS) is 9.86. The van der Waals surface area contributed by atoms with Gasteiger partial charge in [-0.05, 0) is 17.9 Å². The molecule has 0 atom stereocenters. The highest BCUT2D eigenvalue weighted by Gasteiger charge is 2.16. The van der Waals surface area contributed by atoms with E-state index >= 15 is 0 Å². The number of hydrogen-bond donors (Lipinski definition) is 1. The minimum Gasteiger partial charge on any atom is -0.508 e. The van der Waals surface area contributed by atoms with Crippen LogP contribution in [-0.4, -0.2) is 23.4 Å². The number of nitrogens with zero attached hydrogens (tertiary/aromatic N) is 1. The Morgan fingerprint density at radius 1 is 1.50 bits per heavy atom. The highest BCUT2D eigenvalue weighted by atomic mass is 32.2. The Hall–Kier alpha value is -1.23. The first kappa shape index (κ1) is 10.8. The van der Waals surface area contributed by atoms with E-state index in [9.17, 15) is 10.0 Å². The zero-order chi connectivity index (χ0) is 10.6. The van der Waals surface area contributed by atoms with Gasteiger partial charge in [0.1, 0.15) is 5.75 Å². The van der Waals surface area contributed by atoms with Crippen LogP contribution in [0, 0.1) is 4.91 Å². The molecule has 14 heavy (non-hydrogen) atoms. The Labute approximate surface area is 86.4 Å². The monoisotopic (exact) mass is 214 g/mol. The van der Waals surface area contributed by atoms with Crippen molar-refractivity contribution in [2.75, 3.05) is 13.4 Å². The lowest BCUT2D eigenvalue weighted by Gasteiger charge is -1.98. The summed E-state index contributed by atoms with van der Waals surface area (Å²) in [6, 6.07) is 4.68. The Balaban J connectivity index is 3.00. The molecule has 1 aromatic rings. The summed E-state index contributed by atoms with van der Waals surface area (Å²) in [5, 5.41) is 9.33. The van der Waals surface area contributed by atoms with Gasteiger partial charge in [0.2, 0.25) is 0 Å². The summed E-state index contributed by atoms with van der Waals surface area (Å²) >= 11 is 1.62. The summed E-state index contributed by atoms with van der Waals surface area (Å²) in [4.78, 5) is 15.9. The fourth-order valence-corrected chi connectivity index (χ4v) is 1.62. The summed E-state index contributed by atoms with van der Waals surface area (Å²) in [5.41, 5.74) is 1.20. The van der Waals surface area contributed by atoms with Crippen molar-refractivity contribution in [3.8, 4) is 5.75 Å². The SMILES string of the molecule is CO[N+](=O)c1cc(O)cc(CSC)c1. The van der Waals surface area contributed by atoms with Crippen molar-refractivity contribution in [2.45, 2.75) is 5.75 Å². The van der Waals surface area contributed by atoms with Gasteiger partial charge in [0.25, 0.3) is 4.92 Å². The van der Waals surface area contributed by atoms with E-state index in [-0.39, 0.29) is 5.75 Å². The van der Waals surface area contributed by atoms with Crippen LogP contribution in [0.2, 0.25) is 0 Å². The number of phenolic OH excluding ortho intramolecular Hbond substituents is 1. The third-order valence-electron chi connectivity index (χ3n) is 1.65. The molecule has 0 aliphatic carbocycles. The molecule has 0 heterocycles. The molecular weight excluding hydrogens is 202 g/mol. The zero-order valence-electron chi connectivity index (χ0n) is 8.06. The van der Waals surface area contributed by atoms with Crippen LogP contribution < -0.4 is 0 Å². The van der Waals surface area contributed by atoms with Gasteiger partial charge in [-0.1, -0.05) is 0 Å². The van der Waals surface area contributed by atoms with E-state index in [1.54, 1.807) is 23.9 Å². The Kier molecular flexibility index (Phi) is 3.76. The van der Waals surface area contributed by atoms with Crippen LogP contribution in [0.15, 0.2) is 18.2 Å². The van der Waals surface area contributed by atoms with E-state index in [0.717, 1.165) is 11.3 Å². The Morgan fingerprint density at radius 2 is 2.21 bits per heavy atom. The van der Waals surface area contributed by atoms with Gasteiger partial charge in [-0.2, -0.15) is 11.8 Å². The van der Waals surface area contributed by atoms with Crippen molar-refractivity contribution in [2.24, 2.45) is 0 Å². The van der Waals surface area contributed by atoms with E-state index in [2.05, 4.69) is 4.84 Å². The van der Waals surface area contributed by atoms with E-state index in [1.165, 1.54) is 13.2 Å². The molecule has 0 saturated carbocycles. The lowest BCUT2D eigenvalue weighted by molar-refractivity contribution is -0.736. The van der Waals surface area contributed by atoms with Crippen LogP contribution in [0.25, 0.3) is 0 Å².